The molecular weight excluding hydrogens is 200 g/mol. The molecule has 0 aromatic rings. The van der Waals surface area contributed by atoms with Crippen LogP contribution in [-0.2, 0) is 0 Å². The Kier molecular flexibility index (Phi) is 7.19. The minimum atomic E-state index is -2.14. The zero-order chi connectivity index (χ0) is 11.9. The first-order valence-electron chi connectivity index (χ1n) is 6.35. The molecule has 90 valence electrons. The maximum Gasteiger partial charge on any atom is 0.217 e. The third-order valence-corrected chi connectivity index (χ3v) is 7.68. The average molecular weight is 228 g/mol. The number of hydrogen-bond donors (Lipinski definition) is 1. The van der Waals surface area contributed by atoms with E-state index in [0.29, 0.717) is 11.1 Å². The van der Waals surface area contributed by atoms with Gasteiger partial charge in [-0.15, -0.1) is 0 Å². The highest BCUT2D eigenvalue weighted by Gasteiger charge is 2.35. The summed E-state index contributed by atoms with van der Waals surface area (Å²) in [5, 5.41) is 0. The van der Waals surface area contributed by atoms with E-state index in [1.807, 2.05) is 0 Å². The van der Waals surface area contributed by atoms with Crippen LogP contribution in [-0.4, -0.2) is 13.1 Å². The lowest BCUT2D eigenvalue weighted by atomic mass is 10.2. The van der Waals surface area contributed by atoms with Crippen molar-refractivity contribution in [1.29, 1.82) is 0 Å². The smallest absolute Gasteiger partial charge is 0.217 e. The molecule has 0 heterocycles. The van der Waals surface area contributed by atoms with Crippen molar-refractivity contribution in [3.8, 4) is 0 Å². The molecule has 0 spiro atoms. The molecule has 0 aromatic carbocycles. The van der Waals surface area contributed by atoms with E-state index in [1.54, 1.807) is 0 Å². The molecule has 0 atom stereocenters. The van der Waals surface area contributed by atoms with Gasteiger partial charge >= 0.3 is 0 Å². The van der Waals surface area contributed by atoms with Gasteiger partial charge in [-0.2, -0.15) is 0 Å². The van der Waals surface area contributed by atoms with Crippen LogP contribution in [0.1, 0.15) is 60.3 Å². The van der Waals surface area contributed by atoms with Gasteiger partial charge in [-0.25, -0.2) is 0 Å². The lowest BCUT2D eigenvalue weighted by Crippen LogP contribution is -2.39. The summed E-state index contributed by atoms with van der Waals surface area (Å²) in [7, 11) is -2.14. The Hall–Kier alpha value is -0.0831. The van der Waals surface area contributed by atoms with E-state index in [0.717, 1.165) is 6.42 Å². The van der Waals surface area contributed by atoms with E-state index in [-0.39, 0.29) is 0 Å². The zero-order valence-corrected chi connectivity index (χ0v) is 12.1. The van der Waals surface area contributed by atoms with E-state index < -0.39 is 8.32 Å². The monoisotopic (exact) mass is 228 g/mol. The maximum atomic E-state index is 10.6. The number of allylic oxidation sites excluding steroid dienone is 1. The van der Waals surface area contributed by atoms with Crippen molar-refractivity contribution < 1.29 is 4.80 Å². The second kappa shape index (κ2) is 7.23. The van der Waals surface area contributed by atoms with Crippen LogP contribution in [0.2, 0.25) is 11.1 Å². The minimum Gasteiger partial charge on any atom is -0.427 e. The Balaban J connectivity index is 4.17. The lowest BCUT2D eigenvalue weighted by molar-refractivity contribution is 0.511. The highest BCUT2D eigenvalue weighted by Crippen LogP contribution is 2.30. The summed E-state index contributed by atoms with van der Waals surface area (Å²) in [4.78, 5) is 10.6. The Morgan fingerprint density at radius 3 is 2.00 bits per heavy atom. The summed E-state index contributed by atoms with van der Waals surface area (Å²) in [6.45, 7) is 10.8. The largest absolute Gasteiger partial charge is 0.427 e. The van der Waals surface area contributed by atoms with Crippen LogP contribution in [0.3, 0.4) is 0 Å². The normalized spacial score (nSPS) is 13.3. The second-order valence-electron chi connectivity index (χ2n) is 5.09. The third kappa shape index (κ3) is 4.98. The van der Waals surface area contributed by atoms with Gasteiger partial charge in [0.1, 0.15) is 0 Å². The van der Waals surface area contributed by atoms with E-state index in [9.17, 15) is 4.80 Å². The lowest BCUT2D eigenvalue weighted by Gasteiger charge is -2.29. The van der Waals surface area contributed by atoms with Gasteiger partial charge in [0.15, 0.2) is 0 Å². The van der Waals surface area contributed by atoms with E-state index in [2.05, 4.69) is 46.4 Å². The predicted octanol–water partition coefficient (Wildman–Crippen LogP) is 4.42. The standard InChI is InChI=1S/C13H28OSi/c1-6-7-8-9-10-11-15(14,12(2)3)13(4)5/h10-14H,6-9H2,1-5H3. The fraction of sp³-hybridized carbons (Fsp3) is 0.846. The first-order valence-corrected chi connectivity index (χ1v) is 8.53. The molecule has 0 amide bonds. The number of hydrogen-bond acceptors (Lipinski definition) is 1. The van der Waals surface area contributed by atoms with Crippen LogP contribution in [0.15, 0.2) is 11.8 Å². The van der Waals surface area contributed by atoms with E-state index in [1.165, 1.54) is 19.3 Å². The number of unbranched alkanes of at least 4 members (excludes halogenated alkanes) is 3. The molecule has 0 rings (SSSR count). The fourth-order valence-corrected chi connectivity index (χ4v) is 4.48. The van der Waals surface area contributed by atoms with Crippen molar-refractivity contribution in [1.82, 2.24) is 0 Å². The van der Waals surface area contributed by atoms with Crippen molar-refractivity contribution in [2.45, 2.75) is 71.4 Å². The molecule has 0 unspecified atom stereocenters. The van der Waals surface area contributed by atoms with Gasteiger partial charge in [-0.1, -0.05) is 59.2 Å². The van der Waals surface area contributed by atoms with Crippen LogP contribution in [0.5, 0.6) is 0 Å². The van der Waals surface area contributed by atoms with E-state index in [4.69, 9.17) is 0 Å². The molecule has 1 nitrogen and oxygen atoms in total. The first-order chi connectivity index (χ1) is 6.95. The Morgan fingerprint density at radius 1 is 1.07 bits per heavy atom. The summed E-state index contributed by atoms with van der Waals surface area (Å²) in [6, 6.07) is 0. The molecule has 0 aliphatic rings. The molecule has 0 aromatic heterocycles. The van der Waals surface area contributed by atoms with Crippen molar-refractivity contribution in [3.05, 3.63) is 11.8 Å². The van der Waals surface area contributed by atoms with Crippen LogP contribution in [0, 0.1) is 0 Å². The molecule has 0 aliphatic carbocycles. The van der Waals surface area contributed by atoms with Crippen molar-refractivity contribution in [2.75, 3.05) is 0 Å². The minimum absolute atomic E-state index is 0.417. The van der Waals surface area contributed by atoms with Gasteiger partial charge < -0.3 is 4.80 Å². The maximum absolute atomic E-state index is 10.6. The topological polar surface area (TPSA) is 20.2 Å². The molecule has 0 bridgehead atoms. The molecule has 1 N–H and O–H groups in total. The Bertz CT molecular complexity index is 177. The van der Waals surface area contributed by atoms with Crippen LogP contribution in [0.4, 0.5) is 0 Å². The third-order valence-electron chi connectivity index (χ3n) is 3.21. The van der Waals surface area contributed by atoms with E-state index >= 15 is 0 Å². The summed E-state index contributed by atoms with van der Waals surface area (Å²) in [5.41, 5.74) is 2.98. The van der Waals surface area contributed by atoms with Gasteiger partial charge in [0, 0.05) is 0 Å². The Labute approximate surface area is 96.7 Å². The SMILES string of the molecule is CCCCCC=C[Si](O)(C(C)C)C(C)C. The van der Waals surface area contributed by atoms with Gasteiger partial charge in [-0.05, 0) is 23.9 Å². The van der Waals surface area contributed by atoms with Crippen LogP contribution < -0.4 is 0 Å². The Morgan fingerprint density at radius 2 is 1.60 bits per heavy atom. The molecule has 15 heavy (non-hydrogen) atoms. The second-order valence-corrected chi connectivity index (χ2v) is 9.51. The highest BCUT2D eigenvalue weighted by atomic mass is 28.4. The number of rotatable bonds is 7. The molecule has 2 heteroatoms. The molecule has 0 aliphatic heterocycles. The van der Waals surface area contributed by atoms with Gasteiger partial charge in [0.05, 0.1) is 0 Å². The van der Waals surface area contributed by atoms with Gasteiger partial charge in [0.2, 0.25) is 8.32 Å². The molecule has 0 fully saturated rings. The highest BCUT2D eigenvalue weighted by molar-refractivity contribution is 6.79. The average Bonchev–Trinajstić information content (AvgIpc) is 2.16. The first kappa shape index (κ1) is 14.9. The summed E-state index contributed by atoms with van der Waals surface area (Å²) in [6.07, 6.45) is 7.16. The summed E-state index contributed by atoms with van der Waals surface area (Å²) in [5.74, 6) is 0. The summed E-state index contributed by atoms with van der Waals surface area (Å²) < 4.78 is 0. The van der Waals surface area contributed by atoms with Crippen LogP contribution in [0.25, 0.3) is 0 Å². The summed E-state index contributed by atoms with van der Waals surface area (Å²) >= 11 is 0. The molecule has 0 saturated carbocycles. The van der Waals surface area contributed by atoms with Gasteiger partial charge in [-0.3, -0.25) is 0 Å². The van der Waals surface area contributed by atoms with Crippen molar-refractivity contribution >= 4 is 8.32 Å². The zero-order valence-electron chi connectivity index (χ0n) is 11.1. The van der Waals surface area contributed by atoms with Crippen molar-refractivity contribution in [3.63, 3.8) is 0 Å². The van der Waals surface area contributed by atoms with Crippen LogP contribution >= 0.6 is 0 Å². The van der Waals surface area contributed by atoms with Gasteiger partial charge in [0.25, 0.3) is 0 Å². The quantitative estimate of drug-likeness (QED) is 0.505. The molecular formula is C13H28OSi. The molecule has 0 radical (unpaired) electrons. The molecule has 0 saturated heterocycles. The predicted molar refractivity (Wildman–Crippen MR) is 71.5 cm³/mol. The fourth-order valence-electron chi connectivity index (χ4n) is 1.84. The van der Waals surface area contributed by atoms with Crippen molar-refractivity contribution in [2.24, 2.45) is 0 Å².